The van der Waals surface area contributed by atoms with Crippen LogP contribution >= 0.6 is 11.8 Å². The summed E-state index contributed by atoms with van der Waals surface area (Å²) in [4.78, 5) is 0. The molecule has 92 valence electrons. The van der Waals surface area contributed by atoms with E-state index in [0.29, 0.717) is 5.54 Å². The van der Waals surface area contributed by atoms with Crippen LogP contribution < -0.4 is 5.32 Å². The van der Waals surface area contributed by atoms with Gasteiger partial charge in [0.2, 0.25) is 0 Å². The van der Waals surface area contributed by atoms with Crippen molar-refractivity contribution >= 4 is 11.8 Å². The SMILES string of the molecule is CC1(C)CSC2CC3(CCCC3)CCC2N1. The van der Waals surface area contributed by atoms with E-state index in [9.17, 15) is 0 Å². The van der Waals surface area contributed by atoms with E-state index in [0.717, 1.165) is 16.7 Å². The van der Waals surface area contributed by atoms with Gasteiger partial charge >= 0.3 is 0 Å². The molecule has 3 fully saturated rings. The van der Waals surface area contributed by atoms with Crippen LogP contribution in [0.4, 0.5) is 0 Å². The Bertz CT molecular complexity index is 268. The molecule has 2 heteroatoms. The van der Waals surface area contributed by atoms with E-state index in [1.54, 1.807) is 0 Å². The fourth-order valence-corrected chi connectivity index (χ4v) is 5.72. The van der Waals surface area contributed by atoms with Crippen LogP contribution in [0.25, 0.3) is 0 Å². The molecule has 2 atom stereocenters. The van der Waals surface area contributed by atoms with Gasteiger partial charge in [0.05, 0.1) is 0 Å². The minimum atomic E-state index is 0.367. The molecular formula is C14H25NS. The summed E-state index contributed by atoms with van der Waals surface area (Å²) in [5.41, 5.74) is 1.14. The maximum Gasteiger partial charge on any atom is 0.0218 e. The number of nitrogens with one attached hydrogen (secondary N) is 1. The molecule has 0 aromatic carbocycles. The smallest absolute Gasteiger partial charge is 0.0218 e. The third-order valence-corrected chi connectivity index (χ3v) is 6.78. The normalized spacial score (nSPS) is 40.9. The van der Waals surface area contributed by atoms with Crippen LogP contribution in [0.3, 0.4) is 0 Å². The van der Waals surface area contributed by atoms with Gasteiger partial charge in [-0.15, -0.1) is 0 Å². The van der Waals surface area contributed by atoms with Gasteiger partial charge in [-0.3, -0.25) is 0 Å². The van der Waals surface area contributed by atoms with Gasteiger partial charge in [-0.25, -0.2) is 0 Å². The molecule has 16 heavy (non-hydrogen) atoms. The maximum absolute atomic E-state index is 3.88. The minimum Gasteiger partial charge on any atom is -0.307 e. The Labute approximate surface area is 104 Å². The molecule has 0 aromatic heterocycles. The third kappa shape index (κ3) is 2.03. The quantitative estimate of drug-likeness (QED) is 0.693. The zero-order valence-electron chi connectivity index (χ0n) is 10.7. The molecular weight excluding hydrogens is 214 g/mol. The molecule has 2 aliphatic carbocycles. The van der Waals surface area contributed by atoms with Crippen molar-refractivity contribution in [1.82, 2.24) is 5.32 Å². The van der Waals surface area contributed by atoms with Crippen molar-refractivity contribution in [2.24, 2.45) is 5.41 Å². The summed E-state index contributed by atoms with van der Waals surface area (Å²) in [6.45, 7) is 4.71. The second-order valence-corrected chi connectivity index (χ2v) is 8.16. The summed E-state index contributed by atoms with van der Waals surface area (Å²) in [7, 11) is 0. The second-order valence-electron chi connectivity index (χ2n) is 6.93. The Balaban J connectivity index is 1.68. The Morgan fingerprint density at radius 2 is 1.88 bits per heavy atom. The molecule has 1 nitrogen and oxygen atoms in total. The molecule has 0 radical (unpaired) electrons. The van der Waals surface area contributed by atoms with Crippen LogP contribution in [0.1, 0.15) is 58.8 Å². The summed E-state index contributed by atoms with van der Waals surface area (Å²) in [5.74, 6) is 1.30. The van der Waals surface area contributed by atoms with Crippen molar-refractivity contribution in [2.75, 3.05) is 5.75 Å². The van der Waals surface area contributed by atoms with E-state index in [1.165, 1.54) is 50.7 Å². The number of rotatable bonds is 0. The summed E-state index contributed by atoms with van der Waals surface area (Å²) in [6, 6.07) is 0.806. The molecule has 3 aliphatic rings. The van der Waals surface area contributed by atoms with E-state index in [-0.39, 0.29) is 0 Å². The molecule has 1 spiro atoms. The topological polar surface area (TPSA) is 12.0 Å². The first-order valence-electron chi connectivity index (χ1n) is 6.98. The highest BCUT2D eigenvalue weighted by Gasteiger charge is 2.45. The van der Waals surface area contributed by atoms with Crippen LogP contribution in [0.2, 0.25) is 0 Å². The van der Waals surface area contributed by atoms with Gasteiger partial charge in [-0.1, -0.05) is 12.8 Å². The monoisotopic (exact) mass is 239 g/mol. The van der Waals surface area contributed by atoms with Crippen molar-refractivity contribution in [2.45, 2.75) is 75.6 Å². The van der Waals surface area contributed by atoms with Crippen LogP contribution in [0, 0.1) is 5.41 Å². The molecule has 1 N–H and O–H groups in total. The second kappa shape index (κ2) is 3.91. The molecule has 0 aromatic rings. The molecule has 3 rings (SSSR count). The number of fused-ring (bicyclic) bond motifs is 1. The van der Waals surface area contributed by atoms with Crippen LogP contribution in [-0.4, -0.2) is 22.6 Å². The first-order valence-corrected chi connectivity index (χ1v) is 8.03. The van der Waals surface area contributed by atoms with Gasteiger partial charge in [-0.05, 0) is 51.4 Å². The average Bonchev–Trinajstić information content (AvgIpc) is 2.67. The van der Waals surface area contributed by atoms with Gasteiger partial charge in [-0.2, -0.15) is 11.8 Å². The largest absolute Gasteiger partial charge is 0.307 e. The van der Waals surface area contributed by atoms with Crippen LogP contribution in [0.15, 0.2) is 0 Å². The lowest BCUT2D eigenvalue weighted by atomic mass is 9.70. The Morgan fingerprint density at radius 1 is 1.12 bits per heavy atom. The lowest BCUT2D eigenvalue weighted by Crippen LogP contribution is -2.58. The summed E-state index contributed by atoms with van der Waals surface area (Å²) in [5, 5.41) is 4.80. The van der Waals surface area contributed by atoms with Crippen molar-refractivity contribution in [1.29, 1.82) is 0 Å². The van der Waals surface area contributed by atoms with Gasteiger partial charge in [0.15, 0.2) is 0 Å². The van der Waals surface area contributed by atoms with Crippen molar-refractivity contribution in [3.05, 3.63) is 0 Å². The molecule has 1 saturated heterocycles. The minimum absolute atomic E-state index is 0.367. The highest BCUT2D eigenvalue weighted by atomic mass is 32.2. The van der Waals surface area contributed by atoms with E-state index in [4.69, 9.17) is 0 Å². The lowest BCUT2D eigenvalue weighted by Gasteiger charge is -2.49. The van der Waals surface area contributed by atoms with Crippen molar-refractivity contribution in [3.8, 4) is 0 Å². The fourth-order valence-electron chi connectivity index (χ4n) is 4.10. The maximum atomic E-state index is 3.88. The molecule has 1 heterocycles. The zero-order valence-corrected chi connectivity index (χ0v) is 11.5. The molecule has 1 aliphatic heterocycles. The molecule has 0 bridgehead atoms. The average molecular weight is 239 g/mol. The van der Waals surface area contributed by atoms with Crippen LogP contribution in [-0.2, 0) is 0 Å². The van der Waals surface area contributed by atoms with Gasteiger partial charge in [0, 0.05) is 22.6 Å². The van der Waals surface area contributed by atoms with E-state index in [2.05, 4.69) is 30.9 Å². The molecule has 2 unspecified atom stereocenters. The van der Waals surface area contributed by atoms with E-state index < -0.39 is 0 Å². The molecule has 2 saturated carbocycles. The number of hydrogen-bond acceptors (Lipinski definition) is 2. The van der Waals surface area contributed by atoms with Gasteiger partial charge in [0.25, 0.3) is 0 Å². The molecule has 0 amide bonds. The predicted octanol–water partition coefficient (Wildman–Crippen LogP) is 3.58. The number of hydrogen-bond donors (Lipinski definition) is 1. The predicted molar refractivity (Wildman–Crippen MR) is 72.0 cm³/mol. The third-order valence-electron chi connectivity index (χ3n) is 4.97. The Hall–Kier alpha value is 0.310. The highest BCUT2D eigenvalue weighted by molar-refractivity contribution is 8.00. The highest BCUT2D eigenvalue weighted by Crippen LogP contribution is 2.52. The van der Waals surface area contributed by atoms with Crippen molar-refractivity contribution in [3.63, 3.8) is 0 Å². The van der Waals surface area contributed by atoms with E-state index >= 15 is 0 Å². The first-order chi connectivity index (χ1) is 7.59. The van der Waals surface area contributed by atoms with Gasteiger partial charge in [0.1, 0.15) is 0 Å². The zero-order chi connectivity index (χ0) is 11.2. The number of thioether (sulfide) groups is 1. The summed E-state index contributed by atoms with van der Waals surface area (Å²) in [6.07, 6.45) is 10.5. The Kier molecular flexibility index (Phi) is 2.79. The lowest BCUT2D eigenvalue weighted by molar-refractivity contribution is 0.156. The van der Waals surface area contributed by atoms with E-state index in [1.807, 2.05) is 0 Å². The summed E-state index contributed by atoms with van der Waals surface area (Å²) < 4.78 is 0. The van der Waals surface area contributed by atoms with Crippen molar-refractivity contribution < 1.29 is 0 Å². The first kappa shape index (κ1) is 11.4. The standard InChI is InChI=1S/C14H25NS/c1-13(2)10-16-12-9-14(6-3-4-7-14)8-5-11(12)15-13/h11-12,15H,3-10H2,1-2H3. The summed E-state index contributed by atoms with van der Waals surface area (Å²) >= 11 is 2.25. The van der Waals surface area contributed by atoms with Gasteiger partial charge < -0.3 is 5.32 Å². The fraction of sp³-hybridized carbons (Fsp3) is 1.00. The Morgan fingerprint density at radius 3 is 2.62 bits per heavy atom. The van der Waals surface area contributed by atoms with Crippen LogP contribution in [0.5, 0.6) is 0 Å².